The predicted octanol–water partition coefficient (Wildman–Crippen LogP) is 2.82. The fraction of sp³-hybridized carbons (Fsp3) is 0.385. The van der Waals surface area contributed by atoms with Gasteiger partial charge in [-0.3, -0.25) is 4.79 Å². The molecule has 1 N–H and O–H groups in total. The lowest BCUT2D eigenvalue weighted by Gasteiger charge is -2.10. The summed E-state index contributed by atoms with van der Waals surface area (Å²) in [5.41, 5.74) is 0.0453. The minimum absolute atomic E-state index is 0.0533. The quantitative estimate of drug-likeness (QED) is 0.809. The van der Waals surface area contributed by atoms with Crippen LogP contribution in [0, 0.1) is 0 Å². The van der Waals surface area contributed by atoms with Crippen molar-refractivity contribution in [2.24, 2.45) is 0 Å². The molecule has 1 aromatic rings. The summed E-state index contributed by atoms with van der Waals surface area (Å²) in [5, 5.41) is 8.59. The van der Waals surface area contributed by atoms with Crippen LogP contribution >= 0.6 is 0 Å². The second-order valence-corrected chi connectivity index (χ2v) is 3.83. The SMILES string of the molecule is CCOC(=O)c1ccc(C(F)F)c(CCC(=O)O)c1. The van der Waals surface area contributed by atoms with Crippen molar-refractivity contribution in [1.29, 1.82) is 0 Å². The molecule has 0 amide bonds. The third-order valence-corrected chi connectivity index (χ3v) is 2.50. The largest absolute Gasteiger partial charge is 0.481 e. The Labute approximate surface area is 109 Å². The highest BCUT2D eigenvalue weighted by Gasteiger charge is 2.16. The van der Waals surface area contributed by atoms with Crippen LogP contribution in [0.5, 0.6) is 0 Å². The Bertz CT molecular complexity index is 472. The van der Waals surface area contributed by atoms with E-state index in [1.807, 2.05) is 0 Å². The van der Waals surface area contributed by atoms with E-state index in [9.17, 15) is 18.4 Å². The van der Waals surface area contributed by atoms with Gasteiger partial charge in [-0.2, -0.15) is 0 Å². The van der Waals surface area contributed by atoms with E-state index < -0.39 is 18.4 Å². The summed E-state index contributed by atoms with van der Waals surface area (Å²) < 4.78 is 30.3. The summed E-state index contributed by atoms with van der Waals surface area (Å²) in [6.07, 6.45) is -3.03. The van der Waals surface area contributed by atoms with Crippen LogP contribution in [0.25, 0.3) is 0 Å². The van der Waals surface area contributed by atoms with E-state index in [-0.39, 0.29) is 36.1 Å². The van der Waals surface area contributed by atoms with Gasteiger partial charge in [-0.1, -0.05) is 6.07 Å². The van der Waals surface area contributed by atoms with Gasteiger partial charge in [0.05, 0.1) is 12.2 Å². The molecule has 0 bridgehead atoms. The molecule has 104 valence electrons. The molecule has 0 saturated heterocycles. The van der Waals surface area contributed by atoms with Crippen molar-refractivity contribution in [2.45, 2.75) is 26.2 Å². The molecule has 0 atom stereocenters. The van der Waals surface area contributed by atoms with Crippen molar-refractivity contribution < 1.29 is 28.2 Å². The van der Waals surface area contributed by atoms with E-state index in [4.69, 9.17) is 9.84 Å². The molecule has 1 rings (SSSR count). The summed E-state index contributed by atoms with van der Waals surface area (Å²) >= 11 is 0. The van der Waals surface area contributed by atoms with Crippen molar-refractivity contribution in [3.8, 4) is 0 Å². The average molecular weight is 272 g/mol. The standard InChI is InChI=1S/C13H14F2O4/c1-2-19-13(18)9-3-5-10(12(14)15)8(7-9)4-6-11(16)17/h3,5,7,12H,2,4,6H2,1H3,(H,16,17). The number of halogens is 2. The lowest BCUT2D eigenvalue weighted by atomic mass is 10.00. The maximum absolute atomic E-state index is 12.8. The molecule has 0 fully saturated rings. The van der Waals surface area contributed by atoms with Crippen LogP contribution in [0.3, 0.4) is 0 Å². The number of alkyl halides is 2. The van der Waals surface area contributed by atoms with Crippen LogP contribution in [0.2, 0.25) is 0 Å². The molecule has 0 saturated carbocycles. The maximum atomic E-state index is 12.8. The number of hydrogen-bond donors (Lipinski definition) is 1. The summed E-state index contributed by atoms with van der Waals surface area (Å²) in [5.74, 6) is -1.69. The summed E-state index contributed by atoms with van der Waals surface area (Å²) in [7, 11) is 0. The molecule has 6 heteroatoms. The second-order valence-electron chi connectivity index (χ2n) is 3.83. The summed E-state index contributed by atoms with van der Waals surface area (Å²) in [6, 6.07) is 3.65. The number of carboxylic acids is 1. The van der Waals surface area contributed by atoms with Crippen LogP contribution in [0.4, 0.5) is 8.78 Å². The first-order valence-corrected chi connectivity index (χ1v) is 5.75. The fourth-order valence-corrected chi connectivity index (χ4v) is 1.62. The van der Waals surface area contributed by atoms with E-state index in [2.05, 4.69) is 0 Å². The molecule has 0 radical (unpaired) electrons. The van der Waals surface area contributed by atoms with E-state index in [1.54, 1.807) is 6.92 Å². The summed E-state index contributed by atoms with van der Waals surface area (Å²) in [6.45, 7) is 1.82. The van der Waals surface area contributed by atoms with Crippen LogP contribution in [-0.2, 0) is 16.0 Å². The average Bonchev–Trinajstić information content (AvgIpc) is 2.36. The number of aryl methyl sites for hydroxylation is 1. The van der Waals surface area contributed by atoms with E-state index in [1.165, 1.54) is 12.1 Å². The Kier molecular flexibility index (Phi) is 5.41. The second kappa shape index (κ2) is 6.82. The molecule has 0 spiro atoms. The van der Waals surface area contributed by atoms with Crippen molar-refractivity contribution >= 4 is 11.9 Å². The third-order valence-electron chi connectivity index (χ3n) is 2.50. The van der Waals surface area contributed by atoms with Gasteiger partial charge >= 0.3 is 11.9 Å². The van der Waals surface area contributed by atoms with Crippen LogP contribution in [0.1, 0.15) is 41.3 Å². The number of benzene rings is 1. The van der Waals surface area contributed by atoms with Gasteiger partial charge in [0, 0.05) is 12.0 Å². The highest BCUT2D eigenvalue weighted by molar-refractivity contribution is 5.89. The number of hydrogen-bond acceptors (Lipinski definition) is 3. The van der Waals surface area contributed by atoms with Crippen LogP contribution in [-0.4, -0.2) is 23.7 Å². The van der Waals surface area contributed by atoms with E-state index >= 15 is 0 Å². The molecule has 4 nitrogen and oxygen atoms in total. The minimum Gasteiger partial charge on any atom is -0.481 e. The number of ether oxygens (including phenoxy) is 1. The predicted molar refractivity (Wildman–Crippen MR) is 63.3 cm³/mol. The first-order valence-electron chi connectivity index (χ1n) is 5.75. The number of aliphatic carboxylic acids is 1. The highest BCUT2D eigenvalue weighted by atomic mass is 19.3. The van der Waals surface area contributed by atoms with Gasteiger partial charge in [-0.25, -0.2) is 13.6 Å². The molecule has 0 unspecified atom stereocenters. The molecule has 0 aliphatic carbocycles. The number of carboxylic acid groups (broad SMARTS) is 1. The Hall–Kier alpha value is -1.98. The van der Waals surface area contributed by atoms with Crippen LogP contribution in [0.15, 0.2) is 18.2 Å². The van der Waals surface area contributed by atoms with Crippen molar-refractivity contribution in [3.05, 3.63) is 34.9 Å². The number of esters is 1. The van der Waals surface area contributed by atoms with Gasteiger partial charge < -0.3 is 9.84 Å². The Morgan fingerprint density at radius 2 is 2.05 bits per heavy atom. The van der Waals surface area contributed by atoms with Gasteiger partial charge in [-0.05, 0) is 31.0 Å². The molecule has 0 heterocycles. The first kappa shape index (κ1) is 15.1. The zero-order valence-corrected chi connectivity index (χ0v) is 10.4. The van der Waals surface area contributed by atoms with Crippen LogP contribution < -0.4 is 0 Å². The number of rotatable bonds is 6. The van der Waals surface area contributed by atoms with E-state index in [0.29, 0.717) is 0 Å². The number of carbonyl (C=O) groups excluding carboxylic acids is 1. The Balaban J connectivity index is 3.03. The number of carbonyl (C=O) groups is 2. The zero-order valence-electron chi connectivity index (χ0n) is 10.4. The third kappa shape index (κ3) is 4.31. The van der Waals surface area contributed by atoms with E-state index in [0.717, 1.165) is 6.07 Å². The van der Waals surface area contributed by atoms with Gasteiger partial charge in [-0.15, -0.1) is 0 Å². The topological polar surface area (TPSA) is 63.6 Å². The molecule has 0 aliphatic rings. The van der Waals surface area contributed by atoms with Gasteiger partial charge in [0.1, 0.15) is 0 Å². The molecule has 19 heavy (non-hydrogen) atoms. The van der Waals surface area contributed by atoms with Crippen molar-refractivity contribution in [3.63, 3.8) is 0 Å². The zero-order chi connectivity index (χ0) is 14.4. The normalized spacial score (nSPS) is 10.5. The van der Waals surface area contributed by atoms with Crippen molar-refractivity contribution in [2.75, 3.05) is 6.61 Å². The molecule has 0 aliphatic heterocycles. The van der Waals surface area contributed by atoms with Gasteiger partial charge in [0.25, 0.3) is 6.43 Å². The Morgan fingerprint density at radius 1 is 1.37 bits per heavy atom. The molecule has 0 aromatic heterocycles. The fourth-order valence-electron chi connectivity index (χ4n) is 1.62. The molecular formula is C13H14F2O4. The Morgan fingerprint density at radius 3 is 2.58 bits per heavy atom. The molecule has 1 aromatic carbocycles. The maximum Gasteiger partial charge on any atom is 0.338 e. The lowest BCUT2D eigenvalue weighted by Crippen LogP contribution is -2.07. The summed E-state index contributed by atoms with van der Waals surface area (Å²) in [4.78, 5) is 22.0. The van der Waals surface area contributed by atoms with Gasteiger partial charge in [0.15, 0.2) is 0 Å². The highest BCUT2D eigenvalue weighted by Crippen LogP contribution is 2.25. The lowest BCUT2D eigenvalue weighted by molar-refractivity contribution is -0.136. The smallest absolute Gasteiger partial charge is 0.338 e. The monoisotopic (exact) mass is 272 g/mol. The van der Waals surface area contributed by atoms with Crippen molar-refractivity contribution in [1.82, 2.24) is 0 Å². The first-order chi connectivity index (χ1) is 8.95. The minimum atomic E-state index is -2.71. The van der Waals surface area contributed by atoms with Gasteiger partial charge in [0.2, 0.25) is 0 Å². The molecular weight excluding hydrogens is 258 g/mol.